The highest BCUT2D eigenvalue weighted by atomic mass is 16.5. The largest absolute Gasteiger partial charge is 0.484 e. The van der Waals surface area contributed by atoms with Crippen molar-refractivity contribution in [2.45, 2.75) is 38.6 Å². The van der Waals surface area contributed by atoms with Gasteiger partial charge in [0.1, 0.15) is 5.75 Å². The standard InChI is InChI=1S/C19H29N3O4/c1-2-18(24)21-15-6-5-8-17(12-15)26-14-19(25)20-9-11-22-10-4-3-7-16(22)13-23/h5-6,8,12,16,23H,2-4,7,9-11,13-14H2,1H3,(H,20,25)(H,21,24)/t16-/m1/s1. The van der Waals surface area contributed by atoms with Crippen LogP contribution in [0.4, 0.5) is 5.69 Å². The van der Waals surface area contributed by atoms with Gasteiger partial charge in [0.25, 0.3) is 5.91 Å². The molecule has 7 nitrogen and oxygen atoms in total. The summed E-state index contributed by atoms with van der Waals surface area (Å²) in [5, 5.41) is 15.0. The second-order valence-electron chi connectivity index (χ2n) is 6.44. The first-order valence-corrected chi connectivity index (χ1v) is 9.26. The summed E-state index contributed by atoms with van der Waals surface area (Å²) in [4.78, 5) is 25.6. The van der Waals surface area contributed by atoms with Gasteiger partial charge in [-0.2, -0.15) is 0 Å². The molecule has 0 bridgehead atoms. The van der Waals surface area contributed by atoms with Crippen molar-refractivity contribution in [3.63, 3.8) is 0 Å². The van der Waals surface area contributed by atoms with Crippen molar-refractivity contribution in [2.75, 3.05) is 38.2 Å². The van der Waals surface area contributed by atoms with Crippen molar-refractivity contribution in [1.29, 1.82) is 0 Å². The number of amides is 2. The van der Waals surface area contributed by atoms with Crippen LogP contribution < -0.4 is 15.4 Å². The fraction of sp³-hybridized carbons (Fsp3) is 0.579. The van der Waals surface area contributed by atoms with E-state index in [0.717, 1.165) is 32.4 Å². The van der Waals surface area contributed by atoms with Gasteiger partial charge in [-0.3, -0.25) is 14.5 Å². The minimum atomic E-state index is -0.189. The van der Waals surface area contributed by atoms with Crippen LogP contribution in [-0.2, 0) is 9.59 Å². The number of carbonyl (C=O) groups is 2. The Balaban J connectivity index is 1.70. The SMILES string of the molecule is CCC(=O)Nc1cccc(OCC(=O)NCCN2CCCC[C@@H]2CO)c1. The number of piperidine rings is 1. The summed E-state index contributed by atoms with van der Waals surface area (Å²) in [7, 11) is 0. The Morgan fingerprint density at radius 1 is 1.31 bits per heavy atom. The van der Waals surface area contributed by atoms with Crippen LogP contribution in [0.5, 0.6) is 5.75 Å². The Hall–Kier alpha value is -2.12. The smallest absolute Gasteiger partial charge is 0.257 e. The number of nitrogens with zero attached hydrogens (tertiary/aromatic N) is 1. The number of likely N-dealkylation sites (tertiary alicyclic amines) is 1. The first-order valence-electron chi connectivity index (χ1n) is 9.26. The van der Waals surface area contributed by atoms with E-state index < -0.39 is 0 Å². The van der Waals surface area contributed by atoms with Crippen LogP contribution in [0.3, 0.4) is 0 Å². The lowest BCUT2D eigenvalue weighted by Crippen LogP contribution is -2.46. The van der Waals surface area contributed by atoms with Crippen LogP contribution in [-0.4, -0.2) is 60.7 Å². The molecule has 2 rings (SSSR count). The second-order valence-corrected chi connectivity index (χ2v) is 6.44. The third-order valence-electron chi connectivity index (χ3n) is 4.49. The van der Waals surface area contributed by atoms with Crippen LogP contribution in [0.2, 0.25) is 0 Å². The lowest BCUT2D eigenvalue weighted by Gasteiger charge is -2.34. The molecule has 7 heteroatoms. The molecule has 1 aromatic carbocycles. The Bertz CT molecular complexity index is 594. The Labute approximate surface area is 154 Å². The number of rotatable bonds is 9. The third-order valence-corrected chi connectivity index (χ3v) is 4.49. The van der Waals surface area contributed by atoms with Crippen LogP contribution in [0.1, 0.15) is 32.6 Å². The predicted molar refractivity (Wildman–Crippen MR) is 100 cm³/mol. The van der Waals surface area contributed by atoms with Crippen LogP contribution in [0.25, 0.3) is 0 Å². The number of hydrogen-bond acceptors (Lipinski definition) is 5. The lowest BCUT2D eigenvalue weighted by molar-refractivity contribution is -0.123. The molecule has 1 saturated heterocycles. The summed E-state index contributed by atoms with van der Waals surface area (Å²) in [5.74, 6) is 0.273. The van der Waals surface area contributed by atoms with Crippen molar-refractivity contribution in [3.8, 4) is 5.75 Å². The van der Waals surface area contributed by atoms with E-state index in [4.69, 9.17) is 4.74 Å². The fourth-order valence-corrected chi connectivity index (χ4v) is 3.01. The van der Waals surface area contributed by atoms with Crippen molar-refractivity contribution < 1.29 is 19.4 Å². The molecule has 0 radical (unpaired) electrons. The van der Waals surface area contributed by atoms with Gasteiger partial charge in [-0.25, -0.2) is 0 Å². The van der Waals surface area contributed by atoms with E-state index in [9.17, 15) is 14.7 Å². The molecule has 1 aromatic rings. The number of anilines is 1. The van der Waals surface area contributed by atoms with Gasteiger partial charge in [0, 0.05) is 37.3 Å². The monoisotopic (exact) mass is 363 g/mol. The molecule has 1 heterocycles. The second kappa shape index (κ2) is 10.8. The molecule has 144 valence electrons. The number of nitrogens with one attached hydrogen (secondary N) is 2. The van der Waals surface area contributed by atoms with Gasteiger partial charge in [0.05, 0.1) is 6.61 Å². The summed E-state index contributed by atoms with van der Waals surface area (Å²) in [5.41, 5.74) is 0.648. The molecular weight excluding hydrogens is 334 g/mol. The van der Waals surface area contributed by atoms with Gasteiger partial charge < -0.3 is 20.5 Å². The summed E-state index contributed by atoms with van der Waals surface area (Å²) >= 11 is 0. The van der Waals surface area contributed by atoms with Gasteiger partial charge in [-0.15, -0.1) is 0 Å². The Kier molecular flexibility index (Phi) is 8.37. The van der Waals surface area contributed by atoms with E-state index in [1.807, 2.05) is 0 Å². The molecular formula is C19H29N3O4. The van der Waals surface area contributed by atoms with E-state index in [0.29, 0.717) is 24.4 Å². The maximum absolute atomic E-state index is 11.9. The zero-order valence-corrected chi connectivity index (χ0v) is 15.4. The van der Waals surface area contributed by atoms with Crippen LogP contribution >= 0.6 is 0 Å². The molecule has 0 spiro atoms. The molecule has 2 amide bonds. The van der Waals surface area contributed by atoms with Gasteiger partial charge in [0.15, 0.2) is 6.61 Å². The molecule has 3 N–H and O–H groups in total. The average Bonchev–Trinajstić information content (AvgIpc) is 2.67. The predicted octanol–water partition coefficient (Wildman–Crippen LogP) is 1.38. The molecule has 1 atom stereocenters. The Morgan fingerprint density at radius 2 is 2.15 bits per heavy atom. The highest BCUT2D eigenvalue weighted by Gasteiger charge is 2.21. The van der Waals surface area contributed by atoms with Crippen molar-refractivity contribution >= 4 is 17.5 Å². The number of aliphatic hydroxyl groups is 1. The number of hydrogen-bond donors (Lipinski definition) is 3. The first kappa shape index (κ1) is 20.2. The molecule has 0 saturated carbocycles. The van der Waals surface area contributed by atoms with E-state index in [1.54, 1.807) is 31.2 Å². The summed E-state index contributed by atoms with van der Waals surface area (Å²) in [6, 6.07) is 7.19. The highest BCUT2D eigenvalue weighted by molar-refractivity contribution is 5.90. The van der Waals surface area contributed by atoms with Crippen LogP contribution in [0, 0.1) is 0 Å². The van der Waals surface area contributed by atoms with E-state index >= 15 is 0 Å². The topological polar surface area (TPSA) is 90.9 Å². The molecule has 0 unspecified atom stereocenters. The minimum absolute atomic E-state index is 0.0706. The Morgan fingerprint density at radius 3 is 2.92 bits per heavy atom. The highest BCUT2D eigenvalue weighted by Crippen LogP contribution is 2.17. The average molecular weight is 363 g/mol. The van der Waals surface area contributed by atoms with Gasteiger partial charge in [0.2, 0.25) is 5.91 Å². The zero-order valence-electron chi connectivity index (χ0n) is 15.4. The summed E-state index contributed by atoms with van der Waals surface area (Å²) < 4.78 is 5.49. The summed E-state index contributed by atoms with van der Waals surface area (Å²) in [6.45, 7) is 4.11. The summed E-state index contributed by atoms with van der Waals surface area (Å²) in [6.07, 6.45) is 3.71. The number of ether oxygens (including phenoxy) is 1. The molecule has 26 heavy (non-hydrogen) atoms. The van der Waals surface area contributed by atoms with Crippen molar-refractivity contribution in [2.24, 2.45) is 0 Å². The van der Waals surface area contributed by atoms with Crippen LogP contribution in [0.15, 0.2) is 24.3 Å². The molecule has 0 aliphatic carbocycles. The maximum Gasteiger partial charge on any atom is 0.257 e. The number of carbonyl (C=O) groups excluding carboxylic acids is 2. The normalized spacial score (nSPS) is 17.5. The van der Waals surface area contributed by atoms with E-state index in [1.165, 1.54) is 0 Å². The van der Waals surface area contributed by atoms with E-state index in [-0.39, 0.29) is 31.1 Å². The number of benzene rings is 1. The quantitative estimate of drug-likeness (QED) is 0.617. The number of aliphatic hydroxyl groups excluding tert-OH is 1. The van der Waals surface area contributed by atoms with E-state index in [2.05, 4.69) is 15.5 Å². The van der Waals surface area contributed by atoms with Crippen molar-refractivity contribution in [3.05, 3.63) is 24.3 Å². The molecule has 1 fully saturated rings. The van der Waals surface area contributed by atoms with Gasteiger partial charge in [-0.05, 0) is 31.5 Å². The third kappa shape index (κ3) is 6.65. The minimum Gasteiger partial charge on any atom is -0.484 e. The molecule has 1 aliphatic heterocycles. The maximum atomic E-state index is 11.9. The lowest BCUT2D eigenvalue weighted by atomic mass is 10.0. The first-order chi connectivity index (χ1) is 12.6. The van der Waals surface area contributed by atoms with Gasteiger partial charge in [-0.1, -0.05) is 19.4 Å². The molecule has 0 aromatic heterocycles. The fourth-order valence-electron chi connectivity index (χ4n) is 3.01. The molecule has 1 aliphatic rings. The van der Waals surface area contributed by atoms with Gasteiger partial charge >= 0.3 is 0 Å². The van der Waals surface area contributed by atoms with Crippen molar-refractivity contribution in [1.82, 2.24) is 10.2 Å². The zero-order chi connectivity index (χ0) is 18.8.